The smallest absolute Gasteiger partial charge is 0.0419 e. The Bertz CT molecular complexity index is 398. The Hall–Kier alpha value is -0.760. The van der Waals surface area contributed by atoms with Crippen LogP contribution >= 0.6 is 0 Å². The van der Waals surface area contributed by atoms with E-state index in [0.717, 1.165) is 11.3 Å². The molecule has 1 aliphatic heterocycles. The lowest BCUT2D eigenvalue weighted by molar-refractivity contribution is 0.685. The van der Waals surface area contributed by atoms with Gasteiger partial charge in [0.25, 0.3) is 0 Å². The third-order valence-electron chi connectivity index (χ3n) is 1.87. The second-order valence-electron chi connectivity index (χ2n) is 3.03. The molecule has 1 heterocycles. The number of hydrogen-bond donors (Lipinski definition) is 0. The molecule has 1 nitrogen and oxygen atoms in total. The van der Waals surface area contributed by atoms with Crippen LogP contribution in [-0.4, -0.2) is 15.8 Å². The zero-order chi connectivity index (χ0) is 7.90. The van der Waals surface area contributed by atoms with Crippen LogP contribution < -0.4 is 0 Å². The van der Waals surface area contributed by atoms with Gasteiger partial charge in [-0.2, -0.15) is 0 Å². The number of hydrogen-bond acceptors (Lipinski definition) is 1. The molecule has 0 radical (unpaired) electrons. The van der Waals surface area contributed by atoms with Gasteiger partial charge in [0.05, 0.1) is 0 Å². The Morgan fingerprint density at radius 2 is 2.09 bits per heavy atom. The third kappa shape index (κ3) is 1.18. The van der Waals surface area contributed by atoms with Crippen molar-refractivity contribution in [1.29, 1.82) is 0 Å². The van der Waals surface area contributed by atoms with Crippen LogP contribution in [0.5, 0.6) is 0 Å². The lowest BCUT2D eigenvalue weighted by atomic mass is 10.1. The van der Waals surface area contributed by atoms with E-state index < -0.39 is 9.52 Å². The lowest BCUT2D eigenvalue weighted by Crippen LogP contribution is -1.95. The van der Waals surface area contributed by atoms with Crippen LogP contribution in [0.25, 0.3) is 0 Å². The van der Waals surface area contributed by atoms with Crippen molar-refractivity contribution in [2.75, 3.05) is 6.26 Å². The van der Waals surface area contributed by atoms with Crippen LogP contribution in [0, 0.1) is 0 Å². The van der Waals surface area contributed by atoms with Gasteiger partial charge in [-0.25, -0.2) is 0 Å². The minimum Gasteiger partial charge on any atom is -0.267 e. The largest absolute Gasteiger partial charge is 0.267 e. The highest BCUT2D eigenvalue weighted by molar-refractivity contribution is 8.00. The first-order valence-corrected chi connectivity index (χ1v) is 5.77. The van der Waals surface area contributed by atoms with Crippen molar-refractivity contribution in [3.63, 3.8) is 0 Å². The van der Waals surface area contributed by atoms with Gasteiger partial charge >= 0.3 is 0 Å². The third-order valence-corrected chi connectivity index (χ3v) is 3.51. The second kappa shape index (κ2) is 2.11. The monoisotopic (exact) mass is 166 g/mol. The summed E-state index contributed by atoms with van der Waals surface area (Å²) in [6.45, 7) is 0. The summed E-state index contributed by atoms with van der Waals surface area (Å²) in [5.41, 5.74) is 2.38. The minimum absolute atomic E-state index is 0.725. The molecule has 0 saturated heterocycles. The Balaban J connectivity index is 2.65. The quantitative estimate of drug-likeness (QED) is 0.530. The molecule has 0 amide bonds. The van der Waals surface area contributed by atoms with Crippen molar-refractivity contribution >= 4 is 14.9 Å². The van der Waals surface area contributed by atoms with E-state index in [4.69, 9.17) is 0 Å². The Morgan fingerprint density at radius 3 is 2.82 bits per heavy atom. The molecule has 2 heteroatoms. The molecule has 2 rings (SSSR count). The Labute approximate surface area is 67.1 Å². The van der Waals surface area contributed by atoms with Crippen LogP contribution in [0.4, 0.5) is 0 Å². The van der Waals surface area contributed by atoms with Gasteiger partial charge in [0, 0.05) is 12.0 Å². The van der Waals surface area contributed by atoms with Crippen molar-refractivity contribution < 1.29 is 4.21 Å². The standard InChI is InChI=1S/C9H10OS/c1-11(10)6-8-4-2-3-5-9(8)7-11/h2-6H,7H2,1H3. The summed E-state index contributed by atoms with van der Waals surface area (Å²) in [5, 5.41) is 1.89. The van der Waals surface area contributed by atoms with Crippen molar-refractivity contribution in [3.05, 3.63) is 35.4 Å². The van der Waals surface area contributed by atoms with Crippen LogP contribution in [0.2, 0.25) is 0 Å². The van der Waals surface area contributed by atoms with Crippen LogP contribution in [-0.2, 0) is 15.3 Å². The Morgan fingerprint density at radius 1 is 1.36 bits per heavy atom. The fraction of sp³-hybridized carbons (Fsp3) is 0.222. The fourth-order valence-corrected chi connectivity index (χ4v) is 3.13. The van der Waals surface area contributed by atoms with E-state index in [1.54, 1.807) is 0 Å². The molecule has 0 spiro atoms. The van der Waals surface area contributed by atoms with Gasteiger partial charge in [-0.3, -0.25) is 4.21 Å². The first kappa shape index (κ1) is 6.92. The SMILES string of the molecule is CS1(=O)=Cc2ccccc2C1. The van der Waals surface area contributed by atoms with Gasteiger partial charge in [-0.15, -0.1) is 0 Å². The molecule has 58 valence electrons. The van der Waals surface area contributed by atoms with Gasteiger partial charge < -0.3 is 0 Å². The first-order valence-electron chi connectivity index (χ1n) is 3.57. The molecule has 11 heavy (non-hydrogen) atoms. The van der Waals surface area contributed by atoms with E-state index in [9.17, 15) is 4.21 Å². The van der Waals surface area contributed by atoms with Gasteiger partial charge in [-0.05, 0) is 26.0 Å². The van der Waals surface area contributed by atoms with Crippen molar-refractivity contribution in [3.8, 4) is 0 Å². The predicted molar refractivity (Wildman–Crippen MR) is 49.4 cm³/mol. The van der Waals surface area contributed by atoms with Crippen LogP contribution in [0.1, 0.15) is 11.1 Å². The predicted octanol–water partition coefficient (Wildman–Crippen LogP) is 1.26. The highest BCUT2D eigenvalue weighted by Gasteiger charge is 2.12. The average Bonchev–Trinajstić information content (AvgIpc) is 2.21. The van der Waals surface area contributed by atoms with Crippen LogP contribution in [0.15, 0.2) is 24.3 Å². The molecule has 0 aromatic heterocycles. The molecule has 1 aliphatic rings. The van der Waals surface area contributed by atoms with E-state index in [1.165, 1.54) is 5.56 Å². The molecular formula is C9H10OS. The fourth-order valence-electron chi connectivity index (χ4n) is 1.40. The lowest BCUT2D eigenvalue weighted by Gasteiger charge is -1.94. The maximum absolute atomic E-state index is 11.6. The summed E-state index contributed by atoms with van der Waals surface area (Å²) >= 11 is 0. The summed E-state index contributed by atoms with van der Waals surface area (Å²) in [6, 6.07) is 8.04. The van der Waals surface area contributed by atoms with E-state index in [-0.39, 0.29) is 0 Å². The molecule has 0 aliphatic carbocycles. The molecule has 1 aromatic carbocycles. The molecule has 1 atom stereocenters. The highest BCUT2D eigenvalue weighted by atomic mass is 32.2. The van der Waals surface area contributed by atoms with Crippen LogP contribution in [0.3, 0.4) is 0 Å². The highest BCUT2D eigenvalue weighted by Crippen LogP contribution is 2.17. The summed E-state index contributed by atoms with van der Waals surface area (Å²) in [5.74, 6) is 0.725. The normalized spacial score (nSPS) is 27.7. The van der Waals surface area contributed by atoms with Crippen molar-refractivity contribution in [2.24, 2.45) is 0 Å². The topological polar surface area (TPSA) is 17.1 Å². The minimum atomic E-state index is -1.68. The zero-order valence-corrected chi connectivity index (χ0v) is 7.23. The van der Waals surface area contributed by atoms with E-state index in [0.29, 0.717) is 0 Å². The molecule has 0 saturated carbocycles. The summed E-state index contributed by atoms with van der Waals surface area (Å²) in [4.78, 5) is 0. The van der Waals surface area contributed by atoms with Gasteiger partial charge in [0.2, 0.25) is 0 Å². The van der Waals surface area contributed by atoms with Crippen molar-refractivity contribution in [2.45, 2.75) is 5.75 Å². The summed E-state index contributed by atoms with van der Waals surface area (Å²) in [6.07, 6.45) is 1.81. The van der Waals surface area contributed by atoms with Gasteiger partial charge in [0.15, 0.2) is 0 Å². The van der Waals surface area contributed by atoms with E-state index in [1.807, 2.05) is 35.9 Å². The molecule has 0 bridgehead atoms. The summed E-state index contributed by atoms with van der Waals surface area (Å²) in [7, 11) is -1.68. The van der Waals surface area contributed by atoms with Crippen molar-refractivity contribution in [1.82, 2.24) is 0 Å². The molecular weight excluding hydrogens is 156 g/mol. The average molecular weight is 166 g/mol. The van der Waals surface area contributed by atoms with Gasteiger partial charge in [-0.1, -0.05) is 24.3 Å². The molecule has 1 unspecified atom stereocenters. The second-order valence-corrected chi connectivity index (χ2v) is 5.70. The number of benzene rings is 1. The Kier molecular flexibility index (Phi) is 1.33. The van der Waals surface area contributed by atoms with E-state index in [2.05, 4.69) is 0 Å². The first-order chi connectivity index (χ1) is 5.17. The number of rotatable bonds is 0. The summed E-state index contributed by atoms with van der Waals surface area (Å²) < 4.78 is 11.6. The maximum Gasteiger partial charge on any atom is 0.0419 e. The molecule has 0 N–H and O–H groups in total. The molecule has 1 aromatic rings. The zero-order valence-electron chi connectivity index (χ0n) is 6.41. The maximum atomic E-state index is 11.6. The molecule has 0 fully saturated rings. The van der Waals surface area contributed by atoms with Gasteiger partial charge in [0.1, 0.15) is 0 Å². The number of fused-ring (bicyclic) bond motifs is 1. The van der Waals surface area contributed by atoms with E-state index >= 15 is 0 Å².